The number of rotatable bonds is 6. The van der Waals surface area contributed by atoms with Crippen LogP contribution in [0.1, 0.15) is 11.1 Å². The van der Waals surface area contributed by atoms with Crippen LogP contribution in [0.25, 0.3) is 5.57 Å². The minimum Gasteiger partial charge on any atom is -0.493 e. The molecule has 5 heteroatoms. The monoisotopic (exact) mass is 362 g/mol. The van der Waals surface area contributed by atoms with Crippen molar-refractivity contribution in [2.75, 3.05) is 7.11 Å². The molecule has 0 aliphatic heterocycles. The van der Waals surface area contributed by atoms with E-state index >= 15 is 0 Å². The van der Waals surface area contributed by atoms with Crippen molar-refractivity contribution in [3.05, 3.63) is 64.6 Å². The molecule has 0 bridgehead atoms. The molecule has 1 N–H and O–H groups in total. The van der Waals surface area contributed by atoms with Gasteiger partial charge in [-0.1, -0.05) is 52.8 Å². The van der Waals surface area contributed by atoms with E-state index in [1.54, 1.807) is 12.1 Å². The number of halogens is 1. The molecule has 0 heterocycles. The SMILES string of the molecule is C=C(C(=O)O)c1cc(OC)c(OCc2ccccc2)cc1Br. The first kappa shape index (κ1) is 16.1. The van der Waals surface area contributed by atoms with Crippen LogP contribution in [0.3, 0.4) is 0 Å². The number of benzene rings is 2. The average Bonchev–Trinajstić information content (AvgIpc) is 2.53. The van der Waals surface area contributed by atoms with Crippen LogP contribution in [0.2, 0.25) is 0 Å². The van der Waals surface area contributed by atoms with Crippen LogP contribution < -0.4 is 9.47 Å². The number of hydrogen-bond acceptors (Lipinski definition) is 3. The smallest absolute Gasteiger partial charge is 0.335 e. The fourth-order valence-electron chi connectivity index (χ4n) is 1.89. The molecule has 0 atom stereocenters. The summed E-state index contributed by atoms with van der Waals surface area (Å²) in [4.78, 5) is 11.1. The molecule has 0 saturated heterocycles. The second-order valence-corrected chi connectivity index (χ2v) is 5.40. The zero-order valence-corrected chi connectivity index (χ0v) is 13.6. The lowest BCUT2D eigenvalue weighted by Gasteiger charge is -2.14. The number of carboxylic acids is 1. The Kier molecular flexibility index (Phi) is 5.22. The van der Waals surface area contributed by atoms with Gasteiger partial charge in [-0.15, -0.1) is 0 Å². The minimum atomic E-state index is -1.08. The summed E-state index contributed by atoms with van der Waals surface area (Å²) in [6.45, 7) is 3.95. The number of carbonyl (C=O) groups is 1. The minimum absolute atomic E-state index is 0.0141. The van der Waals surface area contributed by atoms with Gasteiger partial charge in [0.05, 0.1) is 12.7 Å². The third-order valence-electron chi connectivity index (χ3n) is 3.07. The lowest BCUT2D eigenvalue weighted by Crippen LogP contribution is -2.02. The third kappa shape index (κ3) is 3.68. The predicted molar refractivity (Wildman–Crippen MR) is 88.1 cm³/mol. The van der Waals surface area contributed by atoms with Gasteiger partial charge in [0.15, 0.2) is 11.5 Å². The summed E-state index contributed by atoms with van der Waals surface area (Å²) < 4.78 is 11.6. The molecule has 4 nitrogen and oxygen atoms in total. The Bertz CT molecular complexity index is 695. The van der Waals surface area contributed by atoms with E-state index in [9.17, 15) is 4.79 Å². The summed E-state index contributed by atoms with van der Waals surface area (Å²) >= 11 is 3.35. The maximum atomic E-state index is 11.1. The third-order valence-corrected chi connectivity index (χ3v) is 3.73. The van der Waals surface area contributed by atoms with Crippen LogP contribution in [-0.2, 0) is 11.4 Å². The zero-order chi connectivity index (χ0) is 16.1. The van der Waals surface area contributed by atoms with Crippen molar-refractivity contribution in [2.45, 2.75) is 6.61 Å². The van der Waals surface area contributed by atoms with Crippen molar-refractivity contribution in [1.29, 1.82) is 0 Å². The lowest BCUT2D eigenvalue weighted by molar-refractivity contribution is -0.130. The molecule has 0 aromatic heterocycles. The van der Waals surface area contributed by atoms with E-state index in [2.05, 4.69) is 22.5 Å². The zero-order valence-electron chi connectivity index (χ0n) is 12.0. The van der Waals surface area contributed by atoms with Crippen molar-refractivity contribution >= 4 is 27.5 Å². The Balaban J connectivity index is 2.27. The predicted octanol–water partition coefficient (Wildman–Crippen LogP) is 4.13. The summed E-state index contributed by atoms with van der Waals surface area (Å²) in [7, 11) is 1.51. The Morgan fingerprint density at radius 2 is 1.91 bits per heavy atom. The summed E-state index contributed by atoms with van der Waals surface area (Å²) in [5.41, 5.74) is 1.47. The second-order valence-electron chi connectivity index (χ2n) is 4.54. The molecule has 0 spiro atoms. The van der Waals surface area contributed by atoms with Crippen molar-refractivity contribution in [3.63, 3.8) is 0 Å². The first-order chi connectivity index (χ1) is 10.5. The average molecular weight is 363 g/mol. The standard InChI is InChI=1S/C17H15BrO4/c1-11(17(19)20)13-8-15(21-2)16(9-14(13)18)22-10-12-6-4-3-5-7-12/h3-9H,1,10H2,2H3,(H,19,20). The normalized spacial score (nSPS) is 10.1. The second kappa shape index (κ2) is 7.13. The van der Waals surface area contributed by atoms with Crippen molar-refractivity contribution in [3.8, 4) is 11.5 Å². The fourth-order valence-corrected chi connectivity index (χ4v) is 2.45. The van der Waals surface area contributed by atoms with Crippen LogP contribution >= 0.6 is 15.9 Å². The molecule has 2 aromatic carbocycles. The molecule has 22 heavy (non-hydrogen) atoms. The van der Waals surface area contributed by atoms with Crippen molar-refractivity contribution in [1.82, 2.24) is 0 Å². The highest BCUT2D eigenvalue weighted by Crippen LogP contribution is 2.36. The number of hydrogen-bond donors (Lipinski definition) is 1. The molecular weight excluding hydrogens is 348 g/mol. The quantitative estimate of drug-likeness (QED) is 0.784. The Morgan fingerprint density at radius 3 is 2.50 bits per heavy atom. The molecule has 2 aromatic rings. The van der Waals surface area contributed by atoms with Gasteiger partial charge in [-0.05, 0) is 17.7 Å². The Labute approximate surface area is 137 Å². The van der Waals surface area contributed by atoms with Crippen molar-refractivity contribution < 1.29 is 19.4 Å². The van der Waals surface area contributed by atoms with E-state index in [1.807, 2.05) is 30.3 Å². The molecule has 0 fully saturated rings. The molecule has 0 aliphatic carbocycles. The van der Waals surface area contributed by atoms with Gasteiger partial charge in [0, 0.05) is 10.0 Å². The van der Waals surface area contributed by atoms with E-state index < -0.39 is 5.97 Å². The summed E-state index contributed by atoms with van der Waals surface area (Å²) in [5.74, 6) is -0.0996. The highest BCUT2D eigenvalue weighted by Gasteiger charge is 2.16. The van der Waals surface area contributed by atoms with Crippen LogP contribution in [0, 0.1) is 0 Å². The van der Waals surface area contributed by atoms with Crippen LogP contribution in [0.15, 0.2) is 53.5 Å². The first-order valence-electron chi connectivity index (χ1n) is 6.49. The van der Waals surface area contributed by atoms with E-state index in [1.165, 1.54) is 7.11 Å². The number of ether oxygens (including phenoxy) is 2. The number of carboxylic acid groups (broad SMARTS) is 1. The van der Waals surface area contributed by atoms with E-state index in [4.69, 9.17) is 14.6 Å². The largest absolute Gasteiger partial charge is 0.493 e. The topological polar surface area (TPSA) is 55.8 Å². The van der Waals surface area contributed by atoms with Gasteiger partial charge >= 0.3 is 5.97 Å². The molecule has 0 saturated carbocycles. The molecule has 2 rings (SSSR count). The van der Waals surface area contributed by atoms with Gasteiger partial charge in [-0.2, -0.15) is 0 Å². The van der Waals surface area contributed by atoms with E-state index in [0.717, 1.165) is 5.56 Å². The molecule has 0 radical (unpaired) electrons. The van der Waals surface area contributed by atoms with Gasteiger partial charge < -0.3 is 14.6 Å². The lowest BCUT2D eigenvalue weighted by atomic mass is 10.1. The van der Waals surface area contributed by atoms with E-state index in [0.29, 0.717) is 28.1 Å². The molecule has 0 aliphatic rings. The van der Waals surface area contributed by atoms with Gasteiger partial charge in [0.2, 0.25) is 0 Å². The highest BCUT2D eigenvalue weighted by molar-refractivity contribution is 9.10. The first-order valence-corrected chi connectivity index (χ1v) is 7.29. The highest BCUT2D eigenvalue weighted by atomic mass is 79.9. The Morgan fingerprint density at radius 1 is 1.23 bits per heavy atom. The van der Waals surface area contributed by atoms with Crippen LogP contribution in [-0.4, -0.2) is 18.2 Å². The summed E-state index contributed by atoms with van der Waals surface area (Å²) in [5, 5.41) is 9.05. The molecule has 0 unspecified atom stereocenters. The fraction of sp³-hybridized carbons (Fsp3) is 0.118. The van der Waals surface area contributed by atoms with Gasteiger partial charge in [0.1, 0.15) is 6.61 Å². The summed E-state index contributed by atoms with van der Waals surface area (Å²) in [6.07, 6.45) is 0. The maximum absolute atomic E-state index is 11.1. The van der Waals surface area contributed by atoms with E-state index in [-0.39, 0.29) is 5.57 Å². The van der Waals surface area contributed by atoms with Crippen LogP contribution in [0.4, 0.5) is 0 Å². The van der Waals surface area contributed by atoms with Gasteiger partial charge in [-0.3, -0.25) is 0 Å². The van der Waals surface area contributed by atoms with Crippen LogP contribution in [0.5, 0.6) is 11.5 Å². The number of aliphatic carboxylic acids is 1. The van der Waals surface area contributed by atoms with Gasteiger partial charge in [-0.25, -0.2) is 4.79 Å². The molecule has 114 valence electrons. The Hall–Kier alpha value is -2.27. The van der Waals surface area contributed by atoms with Crippen molar-refractivity contribution in [2.24, 2.45) is 0 Å². The molecule has 0 amide bonds. The number of methoxy groups -OCH3 is 1. The summed E-state index contributed by atoms with van der Waals surface area (Å²) in [6, 6.07) is 13.0. The maximum Gasteiger partial charge on any atom is 0.335 e. The van der Waals surface area contributed by atoms with Gasteiger partial charge in [0.25, 0.3) is 0 Å². The molecular formula is C17H15BrO4.